The Balaban J connectivity index is 1.56. The summed E-state index contributed by atoms with van der Waals surface area (Å²) in [5.41, 5.74) is 1.64. The van der Waals surface area contributed by atoms with E-state index < -0.39 is 0 Å². The zero-order valence-electron chi connectivity index (χ0n) is 16.3. The van der Waals surface area contributed by atoms with Gasteiger partial charge in [0.1, 0.15) is 6.54 Å². The van der Waals surface area contributed by atoms with Gasteiger partial charge in [0.15, 0.2) is 0 Å². The van der Waals surface area contributed by atoms with Crippen LogP contribution in [0.25, 0.3) is 10.8 Å². The number of fused-ring (bicyclic) bond motifs is 1. The second-order valence-electron chi connectivity index (χ2n) is 7.41. The Morgan fingerprint density at radius 3 is 2.59 bits per heavy atom. The molecule has 1 amide bonds. The number of aromatic nitrogens is 2. The average Bonchev–Trinajstić information content (AvgIpc) is 2.77. The number of hydrogen-bond acceptors (Lipinski definition) is 4. The van der Waals surface area contributed by atoms with Gasteiger partial charge in [0, 0.05) is 25.0 Å². The number of carbonyl (C=O) groups excluding carboxylic acids is 1. The van der Waals surface area contributed by atoms with Crippen molar-refractivity contribution in [1.82, 2.24) is 15.1 Å². The minimum absolute atomic E-state index is 0.0580. The number of rotatable bonds is 6. The lowest BCUT2D eigenvalue weighted by Gasteiger charge is -2.22. The molecule has 0 spiro atoms. The highest BCUT2D eigenvalue weighted by Gasteiger charge is 2.16. The number of benzene rings is 2. The van der Waals surface area contributed by atoms with E-state index in [1.807, 2.05) is 48.5 Å². The van der Waals surface area contributed by atoms with Crippen molar-refractivity contribution in [3.63, 3.8) is 0 Å². The van der Waals surface area contributed by atoms with Gasteiger partial charge in [-0.1, -0.05) is 48.5 Å². The van der Waals surface area contributed by atoms with Crippen LogP contribution in [0.15, 0.2) is 59.4 Å². The van der Waals surface area contributed by atoms with E-state index in [-0.39, 0.29) is 24.1 Å². The smallest absolute Gasteiger partial charge is 0.275 e. The summed E-state index contributed by atoms with van der Waals surface area (Å²) in [4.78, 5) is 25.3. The standard InChI is InChI=1S/C23H25N3O3/c27-22(24-15-18-10-6-7-13-29-18)16-26-23(28)20-12-5-4-11-19(20)21(25-26)14-17-8-2-1-3-9-17/h1-5,8-9,11-12,18H,6-7,10,13-16H2,(H,24,27). The minimum atomic E-state index is -0.249. The third-order valence-electron chi connectivity index (χ3n) is 5.25. The lowest BCUT2D eigenvalue weighted by atomic mass is 10.0. The molecule has 1 aliphatic rings. The Bertz CT molecular complexity index is 1040. The highest BCUT2D eigenvalue weighted by atomic mass is 16.5. The van der Waals surface area contributed by atoms with Crippen LogP contribution in [0.4, 0.5) is 0 Å². The molecule has 6 heteroatoms. The molecule has 1 fully saturated rings. The van der Waals surface area contributed by atoms with Crippen LogP contribution in [-0.4, -0.2) is 34.9 Å². The monoisotopic (exact) mass is 391 g/mol. The molecule has 1 atom stereocenters. The summed E-state index contributed by atoms with van der Waals surface area (Å²) in [5.74, 6) is -0.227. The molecule has 1 N–H and O–H groups in total. The lowest BCUT2D eigenvalue weighted by Crippen LogP contribution is -2.39. The molecule has 150 valence electrons. The Kier molecular flexibility index (Phi) is 6.00. The molecule has 2 aromatic carbocycles. The molecule has 2 heterocycles. The van der Waals surface area contributed by atoms with Crippen molar-refractivity contribution in [1.29, 1.82) is 0 Å². The second kappa shape index (κ2) is 9.01. The zero-order valence-corrected chi connectivity index (χ0v) is 16.3. The number of nitrogens with zero attached hydrogens (tertiary/aromatic N) is 2. The van der Waals surface area contributed by atoms with Crippen LogP contribution in [0.1, 0.15) is 30.5 Å². The van der Waals surface area contributed by atoms with Gasteiger partial charge >= 0.3 is 0 Å². The van der Waals surface area contributed by atoms with Gasteiger partial charge < -0.3 is 10.1 Å². The molecule has 1 aliphatic heterocycles. The molecule has 4 rings (SSSR count). The van der Waals surface area contributed by atoms with Crippen LogP contribution < -0.4 is 10.9 Å². The number of carbonyl (C=O) groups is 1. The molecule has 0 aliphatic carbocycles. The first kappa shape index (κ1) is 19.3. The van der Waals surface area contributed by atoms with E-state index in [4.69, 9.17) is 4.74 Å². The Labute approximate surface area is 169 Å². The van der Waals surface area contributed by atoms with E-state index >= 15 is 0 Å². The van der Waals surface area contributed by atoms with Crippen molar-refractivity contribution in [2.45, 2.75) is 38.3 Å². The molecule has 1 aromatic heterocycles. The summed E-state index contributed by atoms with van der Waals surface area (Å²) in [6.45, 7) is 1.12. The molecule has 3 aromatic rings. The number of nitrogens with one attached hydrogen (secondary N) is 1. The normalized spacial score (nSPS) is 16.6. The molecule has 1 saturated heterocycles. The molecule has 1 unspecified atom stereocenters. The maximum absolute atomic E-state index is 12.9. The fourth-order valence-corrected chi connectivity index (χ4v) is 3.72. The van der Waals surface area contributed by atoms with Gasteiger partial charge in [0.05, 0.1) is 17.2 Å². The van der Waals surface area contributed by atoms with Crippen molar-refractivity contribution >= 4 is 16.7 Å². The van der Waals surface area contributed by atoms with Crippen LogP contribution in [0.2, 0.25) is 0 Å². The fraction of sp³-hybridized carbons (Fsp3) is 0.348. The Morgan fingerprint density at radius 1 is 1.07 bits per heavy atom. The third kappa shape index (κ3) is 4.71. The number of hydrogen-bond donors (Lipinski definition) is 1. The first-order valence-electron chi connectivity index (χ1n) is 10.1. The average molecular weight is 391 g/mol. The molecule has 6 nitrogen and oxygen atoms in total. The van der Waals surface area contributed by atoms with Gasteiger partial charge in [0.25, 0.3) is 5.56 Å². The first-order chi connectivity index (χ1) is 14.2. The zero-order chi connectivity index (χ0) is 20.1. The summed E-state index contributed by atoms with van der Waals surface area (Å²) in [7, 11) is 0. The van der Waals surface area contributed by atoms with Gasteiger partial charge in [-0.15, -0.1) is 0 Å². The van der Waals surface area contributed by atoms with Crippen molar-refractivity contribution in [3.05, 3.63) is 76.2 Å². The minimum Gasteiger partial charge on any atom is -0.376 e. The summed E-state index contributed by atoms with van der Waals surface area (Å²) >= 11 is 0. The Morgan fingerprint density at radius 2 is 1.83 bits per heavy atom. The molecule has 0 radical (unpaired) electrons. The molecule has 0 bridgehead atoms. The second-order valence-corrected chi connectivity index (χ2v) is 7.41. The predicted molar refractivity (Wildman–Crippen MR) is 112 cm³/mol. The molecular weight excluding hydrogens is 366 g/mol. The van der Waals surface area contributed by atoms with E-state index in [0.717, 1.165) is 42.5 Å². The number of amides is 1. The summed E-state index contributed by atoms with van der Waals surface area (Å²) in [6, 6.07) is 17.4. The van der Waals surface area contributed by atoms with Gasteiger partial charge in [-0.05, 0) is 30.9 Å². The maximum atomic E-state index is 12.9. The Hall–Kier alpha value is -2.99. The SMILES string of the molecule is O=C(Cn1nc(Cc2ccccc2)c2ccccc2c1=O)NCC1CCCCO1. The van der Waals surface area contributed by atoms with Gasteiger partial charge in [0.2, 0.25) is 5.91 Å². The molecular formula is C23H25N3O3. The quantitative estimate of drug-likeness (QED) is 0.701. The van der Waals surface area contributed by atoms with Crippen LogP contribution in [0.5, 0.6) is 0 Å². The van der Waals surface area contributed by atoms with E-state index in [2.05, 4.69) is 10.4 Å². The van der Waals surface area contributed by atoms with E-state index in [1.54, 1.807) is 6.07 Å². The van der Waals surface area contributed by atoms with E-state index in [9.17, 15) is 9.59 Å². The van der Waals surface area contributed by atoms with Crippen LogP contribution >= 0.6 is 0 Å². The first-order valence-corrected chi connectivity index (χ1v) is 10.1. The van der Waals surface area contributed by atoms with Gasteiger partial charge in [-0.3, -0.25) is 9.59 Å². The van der Waals surface area contributed by atoms with E-state index in [0.29, 0.717) is 18.4 Å². The van der Waals surface area contributed by atoms with Gasteiger partial charge in [-0.25, -0.2) is 4.68 Å². The highest BCUT2D eigenvalue weighted by Crippen LogP contribution is 2.17. The number of ether oxygens (including phenoxy) is 1. The third-order valence-corrected chi connectivity index (χ3v) is 5.25. The van der Waals surface area contributed by atoms with Crippen molar-refractivity contribution in [2.24, 2.45) is 0 Å². The lowest BCUT2D eigenvalue weighted by molar-refractivity contribution is -0.122. The largest absolute Gasteiger partial charge is 0.376 e. The maximum Gasteiger partial charge on any atom is 0.275 e. The molecule has 29 heavy (non-hydrogen) atoms. The summed E-state index contributed by atoms with van der Waals surface area (Å²) < 4.78 is 6.92. The fourth-order valence-electron chi connectivity index (χ4n) is 3.72. The van der Waals surface area contributed by atoms with Crippen molar-refractivity contribution in [2.75, 3.05) is 13.2 Å². The van der Waals surface area contributed by atoms with Gasteiger partial charge in [-0.2, -0.15) is 5.10 Å². The summed E-state index contributed by atoms with van der Waals surface area (Å²) in [5, 5.41) is 8.83. The summed E-state index contributed by atoms with van der Waals surface area (Å²) in [6.07, 6.45) is 3.80. The van der Waals surface area contributed by atoms with Crippen molar-refractivity contribution < 1.29 is 9.53 Å². The van der Waals surface area contributed by atoms with Crippen LogP contribution in [-0.2, 0) is 22.5 Å². The topological polar surface area (TPSA) is 73.2 Å². The van der Waals surface area contributed by atoms with Crippen LogP contribution in [0, 0.1) is 0 Å². The van der Waals surface area contributed by atoms with Crippen LogP contribution in [0.3, 0.4) is 0 Å². The van der Waals surface area contributed by atoms with E-state index in [1.165, 1.54) is 4.68 Å². The predicted octanol–water partition coefficient (Wildman–Crippen LogP) is 2.67. The molecule has 0 saturated carbocycles. The van der Waals surface area contributed by atoms with Crippen molar-refractivity contribution in [3.8, 4) is 0 Å². The highest BCUT2D eigenvalue weighted by molar-refractivity contribution is 5.84.